The molecular weight excluding hydrogens is 801 g/mol. The van der Waals surface area contributed by atoms with E-state index >= 15 is 0 Å². The first-order valence-electron chi connectivity index (χ1n) is 13.6. The molecule has 222 valence electrons. The maximum absolute atomic E-state index is 4.94. The van der Waals surface area contributed by atoms with Gasteiger partial charge in [0.15, 0.2) is 0 Å². The zero-order valence-electron chi connectivity index (χ0n) is 24.2. The van der Waals surface area contributed by atoms with Crippen LogP contribution in [0.1, 0.15) is 51.4 Å². The molecule has 0 N–H and O–H groups in total. The summed E-state index contributed by atoms with van der Waals surface area (Å²) in [5, 5.41) is 0. The largest absolute Gasteiger partial charge is 0.381 e. The first-order chi connectivity index (χ1) is 18.0. The fourth-order valence-corrected chi connectivity index (χ4v) is 3.07. The maximum Gasteiger partial charge on any atom is 0.0466 e. The summed E-state index contributed by atoms with van der Waals surface area (Å²) in [6.07, 6.45) is 42.2. The number of hydrogen-bond acceptors (Lipinski definition) is 4. The van der Waals surface area contributed by atoms with Crippen LogP contribution >= 0.6 is 24.8 Å². The standard InChI is InChI=1S/2C8H8.4C4H8O.2ClH.2Pr/c2*1-2-4-6-8-7-5-3-1;4*1-2-4-5-3-1;;;;/h2*1-8H;4*1-4H2;2*1H;;. The first kappa shape index (κ1) is 50.0. The van der Waals surface area contributed by atoms with Gasteiger partial charge in [-0.25, -0.2) is 0 Å². The Kier molecular flexibility index (Phi) is 58.2. The second kappa shape index (κ2) is 46.6. The Labute approximate surface area is 329 Å². The third kappa shape index (κ3) is 43.3. The van der Waals surface area contributed by atoms with Crippen molar-refractivity contribution in [2.45, 2.75) is 51.4 Å². The number of rotatable bonds is 0. The third-order valence-corrected chi connectivity index (χ3v) is 5.09. The van der Waals surface area contributed by atoms with E-state index in [1.165, 1.54) is 51.4 Å². The van der Waals surface area contributed by atoms with E-state index < -0.39 is 0 Å². The Morgan fingerprint density at radius 3 is 0.375 bits per heavy atom. The second-order valence-corrected chi connectivity index (χ2v) is 8.36. The van der Waals surface area contributed by atoms with Crippen LogP contribution in [0.4, 0.5) is 0 Å². The summed E-state index contributed by atoms with van der Waals surface area (Å²) >= 11 is 0. The molecule has 8 heteroatoms. The Morgan fingerprint density at radius 2 is 0.325 bits per heavy atom. The summed E-state index contributed by atoms with van der Waals surface area (Å²) < 4.78 is 19.8. The first-order valence-corrected chi connectivity index (χ1v) is 13.6. The molecule has 2 aliphatic carbocycles. The van der Waals surface area contributed by atoms with Gasteiger partial charge in [0.25, 0.3) is 0 Å². The van der Waals surface area contributed by atoms with E-state index in [0.29, 0.717) is 0 Å². The normalized spacial score (nSPS) is 21.6. The molecule has 0 bridgehead atoms. The molecule has 4 saturated heterocycles. The Bertz CT molecular complexity index is 263. The smallest absolute Gasteiger partial charge is 0.0466 e. The molecule has 4 aliphatic heterocycles. The zero-order valence-corrected chi connectivity index (χ0v) is 33.2. The second-order valence-electron chi connectivity index (χ2n) is 8.36. The van der Waals surface area contributed by atoms with E-state index in [0.717, 1.165) is 52.9 Å². The molecule has 0 atom stereocenters. The van der Waals surface area contributed by atoms with Crippen LogP contribution in [0.2, 0.25) is 0 Å². The Hall–Kier alpha value is 3.15. The predicted octanol–water partition coefficient (Wildman–Crippen LogP) is 7.30. The van der Waals surface area contributed by atoms with Gasteiger partial charge in [0.05, 0.1) is 0 Å². The van der Waals surface area contributed by atoms with Gasteiger partial charge in [0.1, 0.15) is 0 Å². The summed E-state index contributed by atoms with van der Waals surface area (Å²) in [4.78, 5) is 0. The fourth-order valence-electron chi connectivity index (χ4n) is 3.07. The van der Waals surface area contributed by atoms with Crippen LogP contribution in [0.25, 0.3) is 0 Å². The van der Waals surface area contributed by atoms with Crippen molar-refractivity contribution in [1.29, 1.82) is 0 Å². The average molecular weight is 851 g/mol. The van der Waals surface area contributed by atoms with Crippen molar-refractivity contribution in [3.8, 4) is 0 Å². The fraction of sp³-hybridized carbons (Fsp3) is 0.500. The van der Waals surface area contributed by atoms with Crippen molar-refractivity contribution >= 4 is 24.8 Å². The number of hydrogen-bond donors (Lipinski definition) is 0. The van der Waals surface area contributed by atoms with Gasteiger partial charge in [-0.1, -0.05) is 0 Å². The molecule has 6 aliphatic rings. The van der Waals surface area contributed by atoms with Gasteiger partial charge >= 0.3 is 0 Å². The molecule has 4 nitrogen and oxygen atoms in total. The molecule has 0 aromatic rings. The minimum atomic E-state index is 0. The molecule has 0 unspecified atom stereocenters. The zero-order chi connectivity index (χ0) is 25.5. The number of halogens is 2. The van der Waals surface area contributed by atoms with E-state index in [9.17, 15) is 0 Å². The molecule has 18 radical (unpaired) electrons. The monoisotopic (exact) mass is 850 g/mol. The van der Waals surface area contributed by atoms with Crippen molar-refractivity contribution in [2.24, 2.45) is 0 Å². The van der Waals surface area contributed by atoms with Gasteiger partial charge < -0.3 is 18.9 Å². The third-order valence-electron chi connectivity index (χ3n) is 5.09. The molecule has 0 aromatic carbocycles. The van der Waals surface area contributed by atoms with Crippen molar-refractivity contribution in [2.75, 3.05) is 52.9 Å². The minimum Gasteiger partial charge on any atom is -0.381 e. The SMILES string of the molecule is C1CCOC1.C1CCOC1.C1CCOC1.C1CCOC1.Cl.Cl.[CH]1[CH][CH][CH][CH][CH][CH][CH]1.[CH]1[CH][CH][CH][CH][CH][CH][CH]1.[Pr].[Pr]. The van der Waals surface area contributed by atoms with Gasteiger partial charge in [0, 0.05) is 135 Å². The van der Waals surface area contributed by atoms with Crippen LogP contribution < -0.4 is 0 Å². The molecule has 2 saturated carbocycles. The van der Waals surface area contributed by atoms with E-state index in [1.54, 1.807) is 0 Å². The van der Waals surface area contributed by atoms with E-state index in [1.807, 2.05) is 103 Å². The summed E-state index contributed by atoms with van der Waals surface area (Å²) in [6.45, 7) is 8.00. The minimum absolute atomic E-state index is 0. The van der Waals surface area contributed by atoms with Crippen molar-refractivity contribution < 1.29 is 102 Å². The van der Waals surface area contributed by atoms with Crippen LogP contribution in [0.5, 0.6) is 0 Å². The van der Waals surface area contributed by atoms with Gasteiger partial charge in [-0.2, -0.15) is 0 Å². The van der Waals surface area contributed by atoms with Crippen molar-refractivity contribution in [3.05, 3.63) is 103 Å². The van der Waals surface area contributed by atoms with Crippen LogP contribution in [0.3, 0.4) is 0 Å². The molecule has 6 fully saturated rings. The topological polar surface area (TPSA) is 36.9 Å². The van der Waals surface area contributed by atoms with Gasteiger partial charge in [-0.05, 0) is 154 Å². The maximum atomic E-state index is 4.94. The Morgan fingerprint density at radius 1 is 0.225 bits per heavy atom. The molecule has 0 spiro atoms. The molecular formula is C32H50Cl2O4Pr2. The quantitative estimate of drug-likeness (QED) is 0.257. The van der Waals surface area contributed by atoms with Crippen LogP contribution in [0, 0.1) is 185 Å². The van der Waals surface area contributed by atoms with Gasteiger partial charge in [0.2, 0.25) is 0 Å². The molecule has 40 heavy (non-hydrogen) atoms. The summed E-state index contributed by atoms with van der Waals surface area (Å²) in [7, 11) is 0. The Balaban J connectivity index is -0.000000193. The molecule has 4 heterocycles. The van der Waals surface area contributed by atoms with Crippen LogP contribution in [-0.4, -0.2) is 52.9 Å². The van der Waals surface area contributed by atoms with Crippen molar-refractivity contribution in [1.82, 2.24) is 0 Å². The van der Waals surface area contributed by atoms with Gasteiger partial charge in [-0.3, -0.25) is 0 Å². The van der Waals surface area contributed by atoms with E-state index in [2.05, 4.69) is 0 Å². The van der Waals surface area contributed by atoms with Crippen molar-refractivity contribution in [3.63, 3.8) is 0 Å². The predicted molar refractivity (Wildman–Crippen MR) is 164 cm³/mol. The summed E-state index contributed by atoms with van der Waals surface area (Å²) in [5.41, 5.74) is 0. The van der Waals surface area contributed by atoms with E-state index in [-0.39, 0.29) is 107 Å². The van der Waals surface area contributed by atoms with Crippen LogP contribution in [-0.2, 0) is 18.9 Å². The van der Waals surface area contributed by atoms with Crippen LogP contribution in [0.15, 0.2) is 0 Å². The summed E-state index contributed by atoms with van der Waals surface area (Å²) in [6, 6.07) is 0. The molecule has 6 rings (SSSR count). The molecule has 0 amide bonds. The number of ether oxygens (including phenoxy) is 4. The summed E-state index contributed by atoms with van der Waals surface area (Å²) in [5.74, 6) is 0. The average Bonchev–Trinajstić information content (AvgIpc) is 3.73. The van der Waals surface area contributed by atoms with Gasteiger partial charge in [-0.15, -0.1) is 24.8 Å². The van der Waals surface area contributed by atoms with E-state index in [4.69, 9.17) is 18.9 Å². The molecule has 0 aromatic heterocycles.